The molecular formula is C35H44N2O3. The number of aliphatic hydroxyl groups is 1. The predicted molar refractivity (Wildman–Crippen MR) is 160 cm³/mol. The molecule has 3 fully saturated rings. The molecule has 0 bridgehead atoms. The molecular weight excluding hydrogens is 496 g/mol. The summed E-state index contributed by atoms with van der Waals surface area (Å²) in [6.45, 7) is 4.57. The van der Waals surface area contributed by atoms with Crippen LogP contribution in [0.5, 0.6) is 0 Å². The van der Waals surface area contributed by atoms with Crippen LogP contribution in [0.4, 0.5) is 5.69 Å². The molecule has 5 nitrogen and oxygen atoms in total. The van der Waals surface area contributed by atoms with Gasteiger partial charge >= 0.3 is 0 Å². The lowest BCUT2D eigenvalue weighted by atomic mass is 9.51. The van der Waals surface area contributed by atoms with E-state index in [1.807, 2.05) is 0 Å². The van der Waals surface area contributed by atoms with Gasteiger partial charge < -0.3 is 10.0 Å². The molecule has 1 heterocycles. The van der Waals surface area contributed by atoms with Crippen molar-refractivity contribution < 1.29 is 9.90 Å². The van der Waals surface area contributed by atoms with Crippen LogP contribution in [0.25, 0.3) is 0 Å². The number of nitroso groups, excluding NO2 is 1. The van der Waals surface area contributed by atoms with E-state index in [1.165, 1.54) is 41.7 Å². The topological polar surface area (TPSA) is 70.0 Å². The first-order chi connectivity index (χ1) is 19.5. The fourth-order valence-corrected chi connectivity index (χ4v) is 9.26. The highest BCUT2D eigenvalue weighted by molar-refractivity contribution is 5.82. The highest BCUT2D eigenvalue weighted by Gasteiger charge is 2.58. The largest absolute Gasteiger partial charge is 0.384 e. The fraction of sp³-hybridized carbons (Fsp3) is 0.629. The summed E-state index contributed by atoms with van der Waals surface area (Å²) in [6, 6.07) is 9.22. The van der Waals surface area contributed by atoms with Crippen molar-refractivity contribution in [3.05, 3.63) is 57.5 Å². The molecule has 1 aromatic rings. The Bertz CT molecular complexity index is 1250. The van der Waals surface area contributed by atoms with Crippen LogP contribution in [0.2, 0.25) is 0 Å². The van der Waals surface area contributed by atoms with Gasteiger partial charge in [0, 0.05) is 43.5 Å². The Morgan fingerprint density at radius 3 is 2.60 bits per heavy atom. The van der Waals surface area contributed by atoms with Gasteiger partial charge in [0.1, 0.15) is 18.4 Å². The Balaban J connectivity index is 1.36. The maximum Gasteiger partial charge on any atom is 0.137 e. The van der Waals surface area contributed by atoms with Crippen molar-refractivity contribution in [2.75, 3.05) is 24.6 Å². The minimum absolute atomic E-state index is 0.0187. The van der Waals surface area contributed by atoms with Gasteiger partial charge in [-0.3, -0.25) is 4.79 Å². The monoisotopic (exact) mass is 540 g/mol. The quantitative estimate of drug-likeness (QED) is 0.309. The van der Waals surface area contributed by atoms with Crippen LogP contribution in [0.15, 0.2) is 52.2 Å². The number of nitrogens with zero attached hydrogens (tertiary/aromatic N) is 2. The summed E-state index contributed by atoms with van der Waals surface area (Å²) >= 11 is 0. The highest BCUT2D eigenvalue weighted by Crippen LogP contribution is 2.66. The summed E-state index contributed by atoms with van der Waals surface area (Å²) in [5.74, 6) is 7.45. The Labute approximate surface area is 239 Å². The van der Waals surface area contributed by atoms with E-state index >= 15 is 0 Å². The summed E-state index contributed by atoms with van der Waals surface area (Å²) < 4.78 is 0. The molecule has 5 heteroatoms. The minimum atomic E-state index is -0.186. The Hall–Kier alpha value is -2.71. The molecule has 40 heavy (non-hydrogen) atoms. The zero-order valence-electron chi connectivity index (χ0n) is 24.0. The normalized spacial score (nSPS) is 33.2. The standard InChI is InChI=1S/C35H44N2O3/c1-35-23-30(24-9-13-27(14-10-24)37-19-5-3-6-20-37)34-28-16-12-26(36-40)22-25(28)11-15-29(34)31(35)17-18-32(35)33(39)8-4-2-7-21-38/h9-10,13-14,22,26,29-32,38H,3-6,8,11-12,15-21,23H2,1H3/t26?,29-,30+,31-,32+,35-/m0/s1. The van der Waals surface area contributed by atoms with E-state index in [0.29, 0.717) is 36.4 Å². The van der Waals surface area contributed by atoms with E-state index in [9.17, 15) is 9.70 Å². The van der Waals surface area contributed by atoms with Gasteiger partial charge in [0.15, 0.2) is 0 Å². The lowest BCUT2D eigenvalue weighted by Gasteiger charge is -2.52. The Morgan fingerprint density at radius 1 is 1.05 bits per heavy atom. The second kappa shape index (κ2) is 11.6. The Kier molecular flexibility index (Phi) is 8.00. The second-order valence-corrected chi connectivity index (χ2v) is 13.1. The van der Waals surface area contributed by atoms with Crippen LogP contribution < -0.4 is 4.90 Å². The van der Waals surface area contributed by atoms with Crippen molar-refractivity contribution in [2.24, 2.45) is 28.3 Å². The molecule has 1 aliphatic heterocycles. The molecule has 6 atom stereocenters. The van der Waals surface area contributed by atoms with E-state index < -0.39 is 0 Å². The smallest absolute Gasteiger partial charge is 0.137 e. The average molecular weight is 541 g/mol. The maximum atomic E-state index is 13.6. The number of carbonyl (C=O) groups excluding carboxylic acids is 1. The molecule has 6 rings (SSSR count). The molecule has 0 radical (unpaired) electrons. The third-order valence-corrected chi connectivity index (χ3v) is 11.1. The van der Waals surface area contributed by atoms with Crippen molar-refractivity contribution in [2.45, 2.75) is 95.9 Å². The van der Waals surface area contributed by atoms with Crippen molar-refractivity contribution in [1.82, 2.24) is 0 Å². The number of anilines is 1. The van der Waals surface area contributed by atoms with E-state index in [2.05, 4.69) is 59.2 Å². The van der Waals surface area contributed by atoms with Gasteiger partial charge in [0.25, 0.3) is 0 Å². The number of rotatable bonds is 6. The van der Waals surface area contributed by atoms with Gasteiger partial charge in [-0.25, -0.2) is 0 Å². The first kappa shape index (κ1) is 27.5. The summed E-state index contributed by atoms with van der Waals surface area (Å²) in [4.78, 5) is 27.5. The van der Waals surface area contributed by atoms with Crippen molar-refractivity contribution in [3.63, 3.8) is 0 Å². The third kappa shape index (κ3) is 4.98. The third-order valence-electron chi connectivity index (χ3n) is 11.1. The second-order valence-electron chi connectivity index (χ2n) is 13.1. The van der Waals surface area contributed by atoms with Gasteiger partial charge in [-0.15, -0.1) is 5.92 Å². The summed E-state index contributed by atoms with van der Waals surface area (Å²) in [7, 11) is 0. The molecule has 2 saturated carbocycles. The number of fused-ring (bicyclic) bond motifs is 4. The number of carbonyl (C=O) groups is 1. The van der Waals surface area contributed by atoms with Crippen LogP contribution in [0.3, 0.4) is 0 Å². The number of ketones is 1. The van der Waals surface area contributed by atoms with Gasteiger partial charge in [0.05, 0.1) is 0 Å². The maximum absolute atomic E-state index is 13.6. The number of piperidine rings is 1. The molecule has 1 N–H and O–H groups in total. The van der Waals surface area contributed by atoms with Crippen molar-refractivity contribution in [1.29, 1.82) is 0 Å². The highest BCUT2D eigenvalue weighted by atomic mass is 16.3. The average Bonchev–Trinajstić information content (AvgIpc) is 3.36. The molecule has 1 unspecified atom stereocenters. The number of Topliss-reactive ketones (excluding diaryl/α,β-unsaturated/α-hetero) is 1. The van der Waals surface area contributed by atoms with Crippen molar-refractivity contribution in [3.8, 4) is 11.8 Å². The molecule has 4 aliphatic carbocycles. The van der Waals surface area contributed by atoms with E-state index in [4.69, 9.17) is 5.11 Å². The molecule has 5 aliphatic rings. The number of aliphatic hydroxyl groups excluding tert-OH is 1. The summed E-state index contributed by atoms with van der Waals surface area (Å²) in [5, 5.41) is 12.4. The first-order valence-electron chi connectivity index (χ1n) is 15.7. The van der Waals surface area contributed by atoms with Gasteiger partial charge in [-0.05, 0) is 110 Å². The lowest BCUT2D eigenvalue weighted by Crippen LogP contribution is -2.45. The van der Waals surface area contributed by atoms with Crippen LogP contribution >= 0.6 is 0 Å². The van der Waals surface area contributed by atoms with Crippen LogP contribution in [-0.2, 0) is 4.79 Å². The van der Waals surface area contributed by atoms with Crippen LogP contribution in [0.1, 0.15) is 95.5 Å². The summed E-state index contributed by atoms with van der Waals surface area (Å²) in [5.41, 5.74) is 7.20. The van der Waals surface area contributed by atoms with Crippen LogP contribution in [0, 0.1) is 39.9 Å². The first-order valence-corrected chi connectivity index (χ1v) is 15.7. The molecule has 0 amide bonds. The van der Waals surface area contributed by atoms with Crippen LogP contribution in [-0.4, -0.2) is 36.6 Å². The van der Waals surface area contributed by atoms with E-state index in [1.54, 1.807) is 5.57 Å². The molecule has 1 aromatic carbocycles. The number of allylic oxidation sites excluding steroid dienone is 3. The van der Waals surface area contributed by atoms with E-state index in [0.717, 1.165) is 58.0 Å². The van der Waals surface area contributed by atoms with Gasteiger partial charge in [-0.2, -0.15) is 4.91 Å². The van der Waals surface area contributed by atoms with Gasteiger partial charge in [0.2, 0.25) is 0 Å². The lowest BCUT2D eigenvalue weighted by molar-refractivity contribution is -0.127. The van der Waals surface area contributed by atoms with E-state index in [-0.39, 0.29) is 24.0 Å². The van der Waals surface area contributed by atoms with Crippen molar-refractivity contribution >= 4 is 11.5 Å². The number of benzene rings is 1. The zero-order valence-corrected chi connectivity index (χ0v) is 24.0. The summed E-state index contributed by atoms with van der Waals surface area (Å²) in [6.07, 6.45) is 14.1. The SMILES string of the molecule is C[C@]12C[C@H](c3ccc(N4CCCCC4)cc3)C3=C4CCC(N=O)C=C4CC[C@H]3[C@@H]1CC[C@@H]2C(=O)CCC#CCO. The zero-order chi connectivity index (χ0) is 27.7. The molecule has 0 aromatic heterocycles. The predicted octanol–water partition coefficient (Wildman–Crippen LogP) is 7.10. The fourth-order valence-electron chi connectivity index (χ4n) is 9.26. The minimum Gasteiger partial charge on any atom is -0.384 e. The number of hydrogen-bond donors (Lipinski definition) is 1. The Morgan fingerprint density at radius 2 is 1.85 bits per heavy atom. The molecule has 212 valence electrons. The molecule has 1 saturated heterocycles. The van der Waals surface area contributed by atoms with Gasteiger partial charge in [-0.1, -0.05) is 41.8 Å². The molecule has 0 spiro atoms. The number of hydrogen-bond acceptors (Lipinski definition) is 5.